The lowest BCUT2D eigenvalue weighted by atomic mass is 10.0. The number of ether oxygens (including phenoxy) is 1. The fraction of sp³-hybridized carbons (Fsp3) is 0.176. The van der Waals surface area contributed by atoms with Crippen molar-refractivity contribution in [1.29, 1.82) is 0 Å². The summed E-state index contributed by atoms with van der Waals surface area (Å²) in [5, 5.41) is 0. The lowest BCUT2D eigenvalue weighted by molar-refractivity contribution is -0.274. The lowest BCUT2D eigenvalue weighted by Gasteiger charge is -2.09. The first-order valence-corrected chi connectivity index (χ1v) is 6.45. The summed E-state index contributed by atoms with van der Waals surface area (Å²) in [7, 11) is 0. The summed E-state index contributed by atoms with van der Waals surface area (Å²) >= 11 is 0. The van der Waals surface area contributed by atoms with Crippen LogP contribution < -0.4 is 4.74 Å². The molecule has 1 nitrogen and oxygen atoms in total. The molecule has 0 aliphatic carbocycles. The molecule has 2 aromatic rings. The van der Waals surface area contributed by atoms with E-state index in [1.54, 1.807) is 12.1 Å². The normalized spacial score (nSPS) is 12.3. The largest absolute Gasteiger partial charge is 0.573 e. The van der Waals surface area contributed by atoms with Crippen molar-refractivity contribution in [3.8, 4) is 5.75 Å². The van der Waals surface area contributed by atoms with Crippen molar-refractivity contribution in [3.63, 3.8) is 0 Å². The first kappa shape index (κ1) is 15.2. The Hall–Kier alpha value is -2.23. The zero-order chi connectivity index (χ0) is 15.5. The molecule has 0 amide bonds. The summed E-state index contributed by atoms with van der Waals surface area (Å²) in [5.41, 5.74) is 4.05. The van der Waals surface area contributed by atoms with E-state index in [9.17, 15) is 13.2 Å². The Kier molecular flexibility index (Phi) is 4.36. The van der Waals surface area contributed by atoms with E-state index in [4.69, 9.17) is 0 Å². The Morgan fingerprint density at radius 1 is 0.952 bits per heavy atom. The van der Waals surface area contributed by atoms with Gasteiger partial charge in [-0.2, -0.15) is 0 Å². The number of hydrogen-bond acceptors (Lipinski definition) is 1. The average Bonchev–Trinajstić information content (AvgIpc) is 2.40. The van der Waals surface area contributed by atoms with E-state index < -0.39 is 6.36 Å². The molecule has 0 saturated carbocycles. The van der Waals surface area contributed by atoms with Gasteiger partial charge >= 0.3 is 6.36 Å². The fourth-order valence-electron chi connectivity index (χ4n) is 1.92. The van der Waals surface area contributed by atoms with Crippen LogP contribution >= 0.6 is 0 Å². The van der Waals surface area contributed by atoms with Gasteiger partial charge in [0.15, 0.2) is 0 Å². The van der Waals surface area contributed by atoms with Gasteiger partial charge in [0.2, 0.25) is 0 Å². The van der Waals surface area contributed by atoms with Gasteiger partial charge in [0.25, 0.3) is 0 Å². The van der Waals surface area contributed by atoms with Crippen molar-refractivity contribution in [3.05, 3.63) is 65.2 Å². The monoisotopic (exact) mass is 292 g/mol. The molecule has 0 unspecified atom stereocenters. The maximum atomic E-state index is 12.1. The molecular formula is C17H15F3O. The Morgan fingerprint density at radius 3 is 2.05 bits per heavy atom. The van der Waals surface area contributed by atoms with E-state index in [1.807, 2.05) is 44.2 Å². The maximum absolute atomic E-state index is 12.1. The third-order valence-electron chi connectivity index (χ3n) is 3.00. The molecule has 0 spiro atoms. The second-order valence-electron chi connectivity index (χ2n) is 4.81. The van der Waals surface area contributed by atoms with E-state index in [0.717, 1.165) is 16.7 Å². The molecule has 0 N–H and O–H groups in total. The predicted molar refractivity (Wildman–Crippen MR) is 77.8 cm³/mol. The molecule has 2 rings (SSSR count). The minimum absolute atomic E-state index is 0.214. The van der Waals surface area contributed by atoms with Crippen LogP contribution in [0.1, 0.15) is 23.6 Å². The first-order chi connectivity index (χ1) is 9.83. The number of alkyl halides is 3. The summed E-state index contributed by atoms with van der Waals surface area (Å²) in [6.07, 6.45) is -2.67. The lowest BCUT2D eigenvalue weighted by Crippen LogP contribution is -2.16. The Morgan fingerprint density at radius 2 is 1.52 bits per heavy atom. The van der Waals surface area contributed by atoms with Crippen molar-refractivity contribution >= 4 is 11.6 Å². The molecule has 0 bridgehead atoms. The zero-order valence-corrected chi connectivity index (χ0v) is 11.7. The van der Waals surface area contributed by atoms with Crippen molar-refractivity contribution in [2.24, 2.45) is 0 Å². The van der Waals surface area contributed by atoms with Gasteiger partial charge in [-0.1, -0.05) is 48.0 Å². The van der Waals surface area contributed by atoms with E-state index >= 15 is 0 Å². The quantitative estimate of drug-likeness (QED) is 0.683. The minimum Gasteiger partial charge on any atom is -0.406 e. The second kappa shape index (κ2) is 6.04. The standard InChI is InChI=1S/C17H15F3O/c1-12-3-5-14(6-4-12)11-13(2)15-7-9-16(10-8-15)21-17(18,19)20/h3-11H,1-2H3/b13-11-. The summed E-state index contributed by atoms with van der Waals surface area (Å²) < 4.78 is 40.1. The molecule has 4 heteroatoms. The van der Waals surface area contributed by atoms with Gasteiger partial charge in [0, 0.05) is 0 Å². The van der Waals surface area contributed by atoms with Crippen LogP contribution in [0.5, 0.6) is 5.75 Å². The van der Waals surface area contributed by atoms with Gasteiger partial charge in [-0.15, -0.1) is 13.2 Å². The smallest absolute Gasteiger partial charge is 0.406 e. The zero-order valence-electron chi connectivity index (χ0n) is 11.7. The van der Waals surface area contributed by atoms with Crippen molar-refractivity contribution < 1.29 is 17.9 Å². The van der Waals surface area contributed by atoms with Crippen molar-refractivity contribution in [2.45, 2.75) is 20.2 Å². The molecule has 0 atom stereocenters. The van der Waals surface area contributed by atoms with E-state index in [2.05, 4.69) is 4.74 Å². The number of halogens is 3. The molecule has 0 saturated heterocycles. The molecule has 110 valence electrons. The molecule has 0 aliphatic rings. The third-order valence-corrected chi connectivity index (χ3v) is 3.00. The average molecular weight is 292 g/mol. The van der Waals surface area contributed by atoms with Crippen LogP contribution in [0.15, 0.2) is 48.5 Å². The molecular weight excluding hydrogens is 277 g/mol. The highest BCUT2D eigenvalue weighted by Crippen LogP contribution is 2.25. The van der Waals surface area contributed by atoms with Crippen molar-refractivity contribution in [2.75, 3.05) is 0 Å². The van der Waals surface area contributed by atoms with Gasteiger partial charge < -0.3 is 4.74 Å². The van der Waals surface area contributed by atoms with Crippen LogP contribution in [0.3, 0.4) is 0 Å². The number of benzene rings is 2. The van der Waals surface area contributed by atoms with E-state index in [0.29, 0.717) is 0 Å². The molecule has 21 heavy (non-hydrogen) atoms. The third kappa shape index (κ3) is 4.67. The van der Waals surface area contributed by atoms with Crippen LogP contribution in [0.2, 0.25) is 0 Å². The maximum Gasteiger partial charge on any atom is 0.573 e. The van der Waals surface area contributed by atoms with Gasteiger partial charge in [0.05, 0.1) is 0 Å². The highest BCUT2D eigenvalue weighted by Gasteiger charge is 2.30. The van der Waals surface area contributed by atoms with E-state index in [1.165, 1.54) is 17.7 Å². The fourth-order valence-corrected chi connectivity index (χ4v) is 1.92. The topological polar surface area (TPSA) is 9.23 Å². The van der Waals surface area contributed by atoms with E-state index in [-0.39, 0.29) is 5.75 Å². The highest BCUT2D eigenvalue weighted by atomic mass is 19.4. The molecule has 0 fully saturated rings. The molecule has 0 aliphatic heterocycles. The molecule has 0 heterocycles. The van der Waals surface area contributed by atoms with Crippen LogP contribution in [-0.4, -0.2) is 6.36 Å². The first-order valence-electron chi connectivity index (χ1n) is 6.45. The van der Waals surface area contributed by atoms with Crippen molar-refractivity contribution in [1.82, 2.24) is 0 Å². The van der Waals surface area contributed by atoms with Gasteiger partial charge in [-0.3, -0.25) is 0 Å². The highest BCUT2D eigenvalue weighted by molar-refractivity contribution is 5.80. The predicted octanol–water partition coefficient (Wildman–Crippen LogP) is 5.45. The molecule has 2 aromatic carbocycles. The molecule has 0 radical (unpaired) electrons. The van der Waals surface area contributed by atoms with Crippen LogP contribution in [0, 0.1) is 6.92 Å². The minimum atomic E-state index is -4.66. The Bertz CT molecular complexity index is 623. The van der Waals surface area contributed by atoms with Gasteiger partial charge in [0.1, 0.15) is 5.75 Å². The van der Waals surface area contributed by atoms with Crippen LogP contribution in [-0.2, 0) is 0 Å². The van der Waals surface area contributed by atoms with Crippen LogP contribution in [0.25, 0.3) is 11.6 Å². The summed E-state index contributed by atoms with van der Waals surface area (Å²) in [6.45, 7) is 3.93. The number of aryl methyl sites for hydroxylation is 1. The summed E-state index contributed by atoms with van der Waals surface area (Å²) in [4.78, 5) is 0. The second-order valence-corrected chi connectivity index (χ2v) is 4.81. The summed E-state index contributed by atoms with van der Waals surface area (Å²) in [5.74, 6) is -0.214. The van der Waals surface area contributed by atoms with Gasteiger partial charge in [-0.05, 0) is 42.7 Å². The molecule has 0 aromatic heterocycles. The summed E-state index contributed by atoms with van der Waals surface area (Å²) in [6, 6.07) is 13.9. The Balaban J connectivity index is 2.16. The Labute approximate surface area is 121 Å². The van der Waals surface area contributed by atoms with Crippen LogP contribution in [0.4, 0.5) is 13.2 Å². The van der Waals surface area contributed by atoms with Gasteiger partial charge in [-0.25, -0.2) is 0 Å². The number of allylic oxidation sites excluding steroid dienone is 1. The number of hydrogen-bond donors (Lipinski definition) is 0. The number of rotatable bonds is 3. The SMILES string of the molecule is C/C(=C/c1ccc(C)cc1)c1ccc(OC(F)(F)F)cc1.